The molecule has 1 fully saturated rings. The maximum absolute atomic E-state index is 13.7. The van der Waals surface area contributed by atoms with Crippen LogP contribution in [0.15, 0.2) is 22.7 Å². The van der Waals surface area contributed by atoms with Crippen molar-refractivity contribution in [2.24, 2.45) is 5.73 Å². The van der Waals surface area contributed by atoms with Crippen molar-refractivity contribution in [3.63, 3.8) is 0 Å². The summed E-state index contributed by atoms with van der Waals surface area (Å²) in [4.78, 5) is 2.28. The first-order valence-electron chi connectivity index (χ1n) is 7.16. The third kappa shape index (κ3) is 3.79. The number of likely N-dealkylation sites (N-methyl/N-ethyl adjacent to an activating group) is 1. The number of nitrogens with two attached hydrogens (primary N) is 1. The second kappa shape index (κ2) is 7.50. The van der Waals surface area contributed by atoms with Gasteiger partial charge in [0.1, 0.15) is 5.82 Å². The minimum Gasteiger partial charge on any atom is -0.377 e. The highest BCUT2D eigenvalue weighted by Crippen LogP contribution is 2.25. The largest absolute Gasteiger partial charge is 0.377 e. The van der Waals surface area contributed by atoms with Gasteiger partial charge >= 0.3 is 0 Å². The number of nitrogens with zero attached hydrogens (tertiary/aromatic N) is 1. The molecule has 2 unspecified atom stereocenters. The lowest BCUT2D eigenvalue weighted by molar-refractivity contribution is 0.0601. The molecule has 20 heavy (non-hydrogen) atoms. The van der Waals surface area contributed by atoms with Crippen molar-refractivity contribution >= 4 is 15.9 Å². The minimum absolute atomic E-state index is 0.0341. The van der Waals surface area contributed by atoms with Gasteiger partial charge in [0.25, 0.3) is 0 Å². The Balaban J connectivity index is 2.12. The van der Waals surface area contributed by atoms with Crippen LogP contribution in [0.4, 0.5) is 4.39 Å². The summed E-state index contributed by atoms with van der Waals surface area (Å²) in [7, 11) is 0. The summed E-state index contributed by atoms with van der Waals surface area (Å²) in [5.74, 6) is -0.242. The molecule has 0 aromatic heterocycles. The number of benzene rings is 1. The summed E-state index contributed by atoms with van der Waals surface area (Å²) < 4.78 is 19.9. The van der Waals surface area contributed by atoms with E-state index >= 15 is 0 Å². The van der Waals surface area contributed by atoms with Gasteiger partial charge in [-0.1, -0.05) is 13.0 Å². The van der Waals surface area contributed by atoms with Crippen molar-refractivity contribution in [3.8, 4) is 0 Å². The van der Waals surface area contributed by atoms with Gasteiger partial charge in [-0.15, -0.1) is 0 Å². The van der Waals surface area contributed by atoms with E-state index in [1.54, 1.807) is 12.1 Å². The number of rotatable bonds is 6. The van der Waals surface area contributed by atoms with E-state index in [2.05, 4.69) is 27.8 Å². The van der Waals surface area contributed by atoms with Crippen molar-refractivity contribution in [3.05, 3.63) is 34.1 Å². The fourth-order valence-corrected chi connectivity index (χ4v) is 2.99. The van der Waals surface area contributed by atoms with Gasteiger partial charge in [0.05, 0.1) is 10.6 Å². The molecule has 0 amide bonds. The number of ether oxygens (including phenoxy) is 1. The van der Waals surface area contributed by atoms with Crippen LogP contribution >= 0.6 is 15.9 Å². The van der Waals surface area contributed by atoms with E-state index in [0.29, 0.717) is 11.0 Å². The molecule has 0 bridgehead atoms. The van der Waals surface area contributed by atoms with Gasteiger partial charge in [-0.2, -0.15) is 0 Å². The fraction of sp³-hybridized carbons (Fsp3) is 0.600. The molecule has 1 aromatic carbocycles. The summed E-state index contributed by atoms with van der Waals surface area (Å²) in [6.45, 7) is 5.16. The van der Waals surface area contributed by atoms with E-state index in [1.165, 1.54) is 0 Å². The summed E-state index contributed by atoms with van der Waals surface area (Å²) in [5, 5.41) is 0. The zero-order valence-electron chi connectivity index (χ0n) is 11.8. The van der Waals surface area contributed by atoms with Crippen LogP contribution in [-0.4, -0.2) is 37.2 Å². The van der Waals surface area contributed by atoms with Crippen molar-refractivity contribution in [1.82, 2.24) is 4.90 Å². The Kier molecular flexibility index (Phi) is 5.96. The Morgan fingerprint density at radius 3 is 2.90 bits per heavy atom. The molecule has 1 heterocycles. The van der Waals surface area contributed by atoms with Crippen LogP contribution in [-0.2, 0) is 4.74 Å². The van der Waals surface area contributed by atoms with Crippen LogP contribution in [0.3, 0.4) is 0 Å². The number of hydrogen-bond donors (Lipinski definition) is 1. The predicted molar refractivity (Wildman–Crippen MR) is 82.1 cm³/mol. The van der Waals surface area contributed by atoms with Crippen LogP contribution < -0.4 is 5.73 Å². The molecular formula is C15H22BrFN2O. The maximum atomic E-state index is 13.7. The van der Waals surface area contributed by atoms with Crippen molar-refractivity contribution in [1.29, 1.82) is 0 Å². The molecule has 112 valence electrons. The first kappa shape index (κ1) is 15.9. The average molecular weight is 345 g/mol. The third-order valence-electron chi connectivity index (χ3n) is 3.86. The smallest absolute Gasteiger partial charge is 0.137 e. The molecule has 1 aliphatic heterocycles. The second-order valence-corrected chi connectivity index (χ2v) is 6.00. The van der Waals surface area contributed by atoms with E-state index in [1.807, 2.05) is 6.07 Å². The third-order valence-corrected chi connectivity index (χ3v) is 4.50. The van der Waals surface area contributed by atoms with Gasteiger partial charge in [0.15, 0.2) is 0 Å². The molecule has 0 saturated carbocycles. The fourth-order valence-electron chi connectivity index (χ4n) is 2.74. The lowest BCUT2D eigenvalue weighted by Gasteiger charge is -2.32. The summed E-state index contributed by atoms with van der Waals surface area (Å²) >= 11 is 3.19. The van der Waals surface area contributed by atoms with Gasteiger partial charge in [0.2, 0.25) is 0 Å². The van der Waals surface area contributed by atoms with E-state index < -0.39 is 0 Å². The highest BCUT2D eigenvalue weighted by molar-refractivity contribution is 9.10. The van der Waals surface area contributed by atoms with E-state index in [-0.39, 0.29) is 18.0 Å². The van der Waals surface area contributed by atoms with Crippen molar-refractivity contribution in [2.45, 2.75) is 31.9 Å². The molecule has 5 heteroatoms. The zero-order chi connectivity index (χ0) is 14.5. The topological polar surface area (TPSA) is 38.5 Å². The maximum Gasteiger partial charge on any atom is 0.137 e. The van der Waals surface area contributed by atoms with E-state index in [0.717, 1.165) is 38.1 Å². The van der Waals surface area contributed by atoms with Crippen molar-refractivity contribution in [2.75, 3.05) is 26.2 Å². The highest BCUT2D eigenvalue weighted by atomic mass is 79.9. The number of halogens is 2. The Bertz CT molecular complexity index is 438. The Morgan fingerprint density at radius 1 is 1.55 bits per heavy atom. The lowest BCUT2D eigenvalue weighted by Crippen LogP contribution is -2.38. The molecule has 1 aliphatic rings. The second-order valence-electron chi connectivity index (χ2n) is 5.15. The van der Waals surface area contributed by atoms with Crippen LogP contribution in [0, 0.1) is 5.82 Å². The van der Waals surface area contributed by atoms with Gasteiger partial charge in [-0.3, -0.25) is 4.90 Å². The van der Waals surface area contributed by atoms with Gasteiger partial charge in [0, 0.05) is 25.7 Å². The average Bonchev–Trinajstić information content (AvgIpc) is 2.95. The standard InChI is InChI=1S/C15H22BrFN2O/c1-2-19(10-12-4-3-7-20-12)15(9-18)11-5-6-13(16)14(17)8-11/h5-6,8,12,15H,2-4,7,9-10,18H2,1H3. The minimum atomic E-state index is -0.242. The Morgan fingerprint density at radius 2 is 2.35 bits per heavy atom. The molecule has 0 radical (unpaired) electrons. The Labute approximate surface area is 128 Å². The molecule has 2 atom stereocenters. The zero-order valence-corrected chi connectivity index (χ0v) is 13.4. The van der Waals surface area contributed by atoms with Gasteiger partial charge < -0.3 is 10.5 Å². The first-order chi connectivity index (χ1) is 9.65. The molecule has 0 aliphatic carbocycles. The Hall–Kier alpha value is -0.490. The van der Waals surface area contributed by atoms with E-state index in [4.69, 9.17) is 10.5 Å². The predicted octanol–water partition coefficient (Wildman–Crippen LogP) is 3.09. The molecule has 1 saturated heterocycles. The monoisotopic (exact) mass is 344 g/mol. The van der Waals surface area contributed by atoms with Crippen LogP contribution in [0.2, 0.25) is 0 Å². The van der Waals surface area contributed by atoms with Gasteiger partial charge in [-0.05, 0) is 53.0 Å². The van der Waals surface area contributed by atoms with Crippen molar-refractivity contribution < 1.29 is 9.13 Å². The summed E-state index contributed by atoms with van der Waals surface area (Å²) in [5.41, 5.74) is 6.85. The molecule has 2 N–H and O–H groups in total. The normalized spacial score (nSPS) is 20.6. The number of hydrogen-bond acceptors (Lipinski definition) is 3. The van der Waals surface area contributed by atoms with Gasteiger partial charge in [-0.25, -0.2) is 4.39 Å². The molecular weight excluding hydrogens is 323 g/mol. The highest BCUT2D eigenvalue weighted by Gasteiger charge is 2.24. The SMILES string of the molecule is CCN(CC1CCCO1)C(CN)c1ccc(Br)c(F)c1. The van der Waals surface area contributed by atoms with Crippen LogP contribution in [0.5, 0.6) is 0 Å². The first-order valence-corrected chi connectivity index (χ1v) is 7.95. The molecule has 2 rings (SSSR count). The van der Waals surface area contributed by atoms with E-state index in [9.17, 15) is 4.39 Å². The summed E-state index contributed by atoms with van der Waals surface area (Å²) in [6.07, 6.45) is 2.51. The van der Waals surface area contributed by atoms with Crippen LogP contribution in [0.25, 0.3) is 0 Å². The quantitative estimate of drug-likeness (QED) is 0.861. The summed E-state index contributed by atoms with van der Waals surface area (Å²) in [6, 6.07) is 5.28. The van der Waals surface area contributed by atoms with Crippen LogP contribution in [0.1, 0.15) is 31.4 Å². The molecule has 0 spiro atoms. The molecule has 3 nitrogen and oxygen atoms in total. The lowest BCUT2D eigenvalue weighted by atomic mass is 10.0. The molecule has 1 aromatic rings.